The molecule has 1 atom stereocenters. The highest BCUT2D eigenvalue weighted by Crippen LogP contribution is 2.41. The molecule has 0 spiro atoms. The van der Waals surface area contributed by atoms with E-state index in [4.69, 9.17) is 16.0 Å². The molecule has 4 nitrogen and oxygen atoms in total. The van der Waals surface area contributed by atoms with Crippen molar-refractivity contribution in [2.24, 2.45) is 0 Å². The Kier molecular flexibility index (Phi) is 3.09. The summed E-state index contributed by atoms with van der Waals surface area (Å²) in [5.41, 5.74) is 4.54. The van der Waals surface area contributed by atoms with Gasteiger partial charge in [-0.1, -0.05) is 35.9 Å². The lowest BCUT2D eigenvalue weighted by molar-refractivity contribution is 0.0971. The van der Waals surface area contributed by atoms with Gasteiger partial charge in [0.25, 0.3) is 0 Å². The third kappa shape index (κ3) is 2.14. The van der Waals surface area contributed by atoms with E-state index in [1.807, 2.05) is 24.4 Å². The number of rotatable bonds is 3. The fraction of sp³-hybridized carbons (Fsp3) is 0.100. The average molecular weight is 349 g/mol. The predicted octanol–water partition coefficient (Wildman–Crippen LogP) is 5.13. The number of imidazole rings is 1. The molecule has 0 bridgehead atoms. The van der Waals surface area contributed by atoms with Gasteiger partial charge in [0.1, 0.15) is 5.58 Å². The Hall–Kier alpha value is -2.85. The monoisotopic (exact) mass is 348 g/mol. The van der Waals surface area contributed by atoms with E-state index in [9.17, 15) is 4.79 Å². The molecule has 2 aromatic carbocycles. The number of hydrogen-bond donors (Lipinski definition) is 0. The van der Waals surface area contributed by atoms with Gasteiger partial charge in [-0.2, -0.15) is 0 Å². The van der Waals surface area contributed by atoms with Crippen LogP contribution < -0.4 is 0 Å². The van der Waals surface area contributed by atoms with Crippen molar-refractivity contribution >= 4 is 28.4 Å². The minimum atomic E-state index is -0.0580. The summed E-state index contributed by atoms with van der Waals surface area (Å²) in [6.07, 6.45) is 5.56. The molecule has 1 aliphatic rings. The second kappa shape index (κ2) is 5.33. The van der Waals surface area contributed by atoms with Crippen molar-refractivity contribution in [1.82, 2.24) is 9.55 Å². The summed E-state index contributed by atoms with van der Waals surface area (Å²) in [7, 11) is 0. The molecule has 0 saturated heterocycles. The Bertz CT molecular complexity index is 1130. The number of furan rings is 1. The number of ketones is 1. The second-order valence-electron chi connectivity index (χ2n) is 6.21. The minimum Gasteiger partial charge on any atom is -0.464 e. The molecular formula is C20H13ClN2O2. The van der Waals surface area contributed by atoms with Crippen LogP contribution in [0.3, 0.4) is 0 Å². The maximum atomic E-state index is 13.0. The number of carbonyl (C=O) groups excluding carboxylic acids is 1. The van der Waals surface area contributed by atoms with Gasteiger partial charge in [-0.25, -0.2) is 4.98 Å². The summed E-state index contributed by atoms with van der Waals surface area (Å²) in [5.74, 6) is 0.00875. The lowest BCUT2D eigenvalue weighted by Gasteiger charge is -2.14. The van der Waals surface area contributed by atoms with Crippen molar-refractivity contribution in [3.8, 4) is 11.3 Å². The number of carbonyl (C=O) groups is 1. The number of aromatic nitrogens is 2. The van der Waals surface area contributed by atoms with E-state index in [0.29, 0.717) is 22.6 Å². The van der Waals surface area contributed by atoms with Crippen molar-refractivity contribution < 1.29 is 9.21 Å². The Morgan fingerprint density at radius 3 is 3.04 bits per heavy atom. The lowest BCUT2D eigenvalue weighted by atomic mass is 9.96. The number of hydrogen-bond acceptors (Lipinski definition) is 3. The molecule has 0 N–H and O–H groups in total. The molecule has 0 radical (unpaired) electrons. The van der Waals surface area contributed by atoms with Crippen LogP contribution in [-0.2, 0) is 0 Å². The lowest BCUT2D eigenvalue weighted by Crippen LogP contribution is -2.12. The predicted molar refractivity (Wildman–Crippen MR) is 96.0 cm³/mol. The fourth-order valence-corrected chi connectivity index (χ4v) is 3.88. The molecule has 4 aromatic rings. The summed E-state index contributed by atoms with van der Waals surface area (Å²) in [5, 5.41) is 1.30. The Labute approximate surface area is 148 Å². The van der Waals surface area contributed by atoms with Crippen molar-refractivity contribution in [1.29, 1.82) is 0 Å². The minimum absolute atomic E-state index is 0.00875. The van der Waals surface area contributed by atoms with Crippen molar-refractivity contribution in [2.75, 3.05) is 0 Å². The third-order valence-electron chi connectivity index (χ3n) is 4.82. The first kappa shape index (κ1) is 14.5. The number of benzene rings is 2. The molecule has 122 valence electrons. The molecule has 3 heterocycles. The first-order valence-electron chi connectivity index (χ1n) is 8.03. The van der Waals surface area contributed by atoms with E-state index in [2.05, 4.69) is 21.7 Å². The van der Waals surface area contributed by atoms with Gasteiger partial charge in [0.2, 0.25) is 0 Å². The molecule has 5 rings (SSSR count). The number of fused-ring (bicyclic) bond motifs is 4. The van der Waals surface area contributed by atoms with Gasteiger partial charge >= 0.3 is 0 Å². The van der Waals surface area contributed by atoms with Gasteiger partial charge in [-0.3, -0.25) is 4.79 Å². The Morgan fingerprint density at radius 1 is 1.24 bits per heavy atom. The van der Waals surface area contributed by atoms with Crippen molar-refractivity contribution in [3.05, 3.63) is 77.4 Å². The van der Waals surface area contributed by atoms with Crippen LogP contribution in [0, 0.1) is 0 Å². The normalized spacial score (nSPS) is 15.3. The Balaban J connectivity index is 1.55. The summed E-state index contributed by atoms with van der Waals surface area (Å²) >= 11 is 6.32. The van der Waals surface area contributed by atoms with Gasteiger partial charge in [0.15, 0.2) is 5.78 Å². The molecule has 1 unspecified atom stereocenters. The molecule has 0 fully saturated rings. The SMILES string of the molecule is O=C(CC1c2ccccc2-c2cncn21)c1cc2ccoc2cc1Cl. The van der Waals surface area contributed by atoms with E-state index in [0.717, 1.165) is 22.2 Å². The van der Waals surface area contributed by atoms with Crippen molar-refractivity contribution in [2.45, 2.75) is 12.5 Å². The highest BCUT2D eigenvalue weighted by atomic mass is 35.5. The number of Topliss-reactive ketones (excluding diaryl/α,β-unsaturated/α-hetero) is 1. The zero-order valence-corrected chi connectivity index (χ0v) is 13.9. The molecular weight excluding hydrogens is 336 g/mol. The summed E-state index contributed by atoms with van der Waals surface area (Å²) in [6, 6.07) is 13.4. The van der Waals surface area contributed by atoms with Gasteiger partial charge in [-0.05, 0) is 17.7 Å². The van der Waals surface area contributed by atoms with Crippen LogP contribution in [0.15, 0.2) is 65.7 Å². The summed E-state index contributed by atoms with van der Waals surface area (Å²) in [4.78, 5) is 17.2. The van der Waals surface area contributed by atoms with E-state index in [1.165, 1.54) is 0 Å². The molecule has 0 aliphatic carbocycles. The Morgan fingerprint density at radius 2 is 2.12 bits per heavy atom. The van der Waals surface area contributed by atoms with Crippen LogP contribution >= 0.6 is 11.6 Å². The number of halogens is 1. The molecule has 2 aromatic heterocycles. The van der Waals surface area contributed by atoms with Crippen LogP contribution in [0.4, 0.5) is 0 Å². The zero-order valence-electron chi connectivity index (χ0n) is 13.1. The highest BCUT2D eigenvalue weighted by Gasteiger charge is 2.30. The van der Waals surface area contributed by atoms with Gasteiger partial charge in [0.05, 0.1) is 35.5 Å². The van der Waals surface area contributed by atoms with Gasteiger partial charge in [-0.15, -0.1) is 0 Å². The first-order valence-corrected chi connectivity index (χ1v) is 8.41. The zero-order chi connectivity index (χ0) is 17.0. The van der Waals surface area contributed by atoms with Crippen molar-refractivity contribution in [3.63, 3.8) is 0 Å². The second-order valence-corrected chi connectivity index (χ2v) is 6.61. The smallest absolute Gasteiger partial charge is 0.166 e. The number of nitrogens with zero attached hydrogens (tertiary/aromatic N) is 2. The van der Waals surface area contributed by atoms with Crippen LogP contribution in [0.2, 0.25) is 5.02 Å². The first-order chi connectivity index (χ1) is 12.2. The van der Waals surface area contributed by atoms with E-state index in [1.54, 1.807) is 24.7 Å². The topological polar surface area (TPSA) is 48.0 Å². The maximum Gasteiger partial charge on any atom is 0.166 e. The van der Waals surface area contributed by atoms with Crippen LogP contribution in [0.25, 0.3) is 22.2 Å². The van der Waals surface area contributed by atoms with E-state index < -0.39 is 0 Å². The highest BCUT2D eigenvalue weighted by molar-refractivity contribution is 6.34. The fourth-order valence-electron chi connectivity index (χ4n) is 3.62. The standard InChI is InChI=1S/C20H13ClN2O2/c21-16-8-20-12(5-6-25-20)7-15(16)19(24)9-17-13-3-1-2-4-14(13)18-10-22-11-23(17)18/h1-8,10-11,17H,9H2. The van der Waals surface area contributed by atoms with Crippen LogP contribution in [-0.4, -0.2) is 15.3 Å². The molecule has 5 heteroatoms. The van der Waals surface area contributed by atoms with Gasteiger partial charge < -0.3 is 8.98 Å². The van der Waals surface area contributed by atoms with E-state index in [-0.39, 0.29) is 11.8 Å². The maximum absolute atomic E-state index is 13.0. The molecule has 0 amide bonds. The third-order valence-corrected chi connectivity index (χ3v) is 5.13. The van der Waals surface area contributed by atoms with E-state index >= 15 is 0 Å². The summed E-state index contributed by atoms with van der Waals surface area (Å²) < 4.78 is 7.40. The average Bonchev–Trinajstić information content (AvgIpc) is 3.31. The van der Waals surface area contributed by atoms with Gasteiger partial charge in [0, 0.05) is 29.0 Å². The molecule has 25 heavy (non-hydrogen) atoms. The quantitative estimate of drug-likeness (QED) is 0.482. The van der Waals surface area contributed by atoms with Crippen LogP contribution in [0.1, 0.15) is 28.4 Å². The van der Waals surface area contributed by atoms with Crippen LogP contribution in [0.5, 0.6) is 0 Å². The molecule has 1 aliphatic heterocycles. The largest absolute Gasteiger partial charge is 0.464 e. The summed E-state index contributed by atoms with van der Waals surface area (Å²) in [6.45, 7) is 0. The molecule has 0 saturated carbocycles.